The first-order valence-corrected chi connectivity index (χ1v) is 10.6. The fourth-order valence-electron chi connectivity index (χ4n) is 3.51. The molecule has 0 bridgehead atoms. The molecule has 0 atom stereocenters. The highest BCUT2D eigenvalue weighted by Crippen LogP contribution is 2.23. The van der Waals surface area contributed by atoms with Crippen molar-refractivity contribution < 1.29 is 18.7 Å². The van der Waals surface area contributed by atoms with E-state index in [-0.39, 0.29) is 24.3 Å². The second-order valence-electron chi connectivity index (χ2n) is 7.09. The van der Waals surface area contributed by atoms with Crippen LogP contribution >= 0.6 is 11.3 Å². The lowest BCUT2D eigenvalue weighted by Gasteiger charge is -2.07. The summed E-state index contributed by atoms with van der Waals surface area (Å²) in [7, 11) is 0. The largest absolute Gasteiger partial charge is 0.465 e. The number of carbonyl (C=O) groups is 2. The third kappa shape index (κ3) is 4.06. The maximum atomic E-state index is 12.9. The van der Waals surface area contributed by atoms with E-state index in [2.05, 4.69) is 4.99 Å². The molecule has 2 heterocycles. The predicted molar refractivity (Wildman–Crippen MR) is 118 cm³/mol. The van der Waals surface area contributed by atoms with Crippen LogP contribution in [0.25, 0.3) is 21.2 Å². The zero-order valence-electron chi connectivity index (χ0n) is 17.3. The normalized spacial score (nSPS) is 11.9. The maximum Gasteiger partial charge on any atom is 0.326 e. The van der Waals surface area contributed by atoms with Gasteiger partial charge in [0.15, 0.2) is 16.0 Å². The molecule has 0 spiro atoms. The van der Waals surface area contributed by atoms with Crippen LogP contribution in [0.4, 0.5) is 0 Å². The van der Waals surface area contributed by atoms with E-state index in [1.165, 1.54) is 11.3 Å². The lowest BCUT2D eigenvalue weighted by atomic mass is 10.1. The number of ether oxygens (including phenoxy) is 1. The Balaban J connectivity index is 1.88. The summed E-state index contributed by atoms with van der Waals surface area (Å²) in [5.74, 6) is -1.27. The van der Waals surface area contributed by atoms with Crippen LogP contribution in [-0.2, 0) is 16.1 Å². The summed E-state index contributed by atoms with van der Waals surface area (Å²) in [4.78, 5) is 42.0. The van der Waals surface area contributed by atoms with E-state index in [4.69, 9.17) is 9.15 Å². The van der Waals surface area contributed by atoms with Crippen molar-refractivity contribution in [3.8, 4) is 0 Å². The van der Waals surface area contributed by atoms with Crippen LogP contribution in [0.2, 0.25) is 0 Å². The van der Waals surface area contributed by atoms with Gasteiger partial charge in [-0.1, -0.05) is 29.5 Å². The van der Waals surface area contributed by atoms with Crippen LogP contribution in [0.1, 0.15) is 28.6 Å². The molecule has 0 aliphatic rings. The van der Waals surface area contributed by atoms with Crippen molar-refractivity contribution in [3.63, 3.8) is 0 Å². The minimum atomic E-state index is -0.693. The summed E-state index contributed by atoms with van der Waals surface area (Å²) >= 11 is 1.29. The molecule has 0 saturated heterocycles. The number of benzene rings is 2. The lowest BCUT2D eigenvalue weighted by Crippen LogP contribution is -2.23. The number of rotatable bonds is 4. The molecule has 0 saturated carbocycles. The minimum Gasteiger partial charge on any atom is -0.465 e. The first kappa shape index (κ1) is 20.7. The molecule has 0 radical (unpaired) electrons. The molecule has 0 fully saturated rings. The van der Waals surface area contributed by atoms with Crippen LogP contribution < -0.4 is 10.2 Å². The number of hydrogen-bond donors (Lipinski definition) is 0. The topological polar surface area (TPSA) is 90.9 Å². The molecule has 1 amide bonds. The van der Waals surface area contributed by atoms with Gasteiger partial charge < -0.3 is 13.7 Å². The van der Waals surface area contributed by atoms with Gasteiger partial charge in [0.05, 0.1) is 22.2 Å². The standard InChI is InChI=1S/C23H20N2O5S/c1-4-29-20(27)12-25-21-14(3)9-13(2)10-19(21)31-23(25)24-22(28)18-11-16(26)15-7-5-6-8-17(15)30-18/h5-11H,4,12H2,1-3H3. The Kier molecular flexibility index (Phi) is 5.56. The van der Waals surface area contributed by atoms with Gasteiger partial charge in [0.2, 0.25) is 0 Å². The van der Waals surface area contributed by atoms with Crippen molar-refractivity contribution in [2.75, 3.05) is 6.61 Å². The maximum absolute atomic E-state index is 12.9. The molecule has 0 unspecified atom stereocenters. The predicted octanol–water partition coefficient (Wildman–Crippen LogP) is 3.73. The molecule has 2 aromatic carbocycles. The third-order valence-electron chi connectivity index (χ3n) is 4.75. The average Bonchev–Trinajstić information content (AvgIpc) is 3.04. The number of esters is 1. The lowest BCUT2D eigenvalue weighted by molar-refractivity contribution is -0.143. The van der Waals surface area contributed by atoms with Gasteiger partial charge in [0.1, 0.15) is 12.1 Å². The number of hydrogen-bond acceptors (Lipinski definition) is 6. The molecule has 4 rings (SSSR count). The highest BCUT2D eigenvalue weighted by atomic mass is 32.1. The highest BCUT2D eigenvalue weighted by Gasteiger charge is 2.16. The summed E-state index contributed by atoms with van der Waals surface area (Å²) in [5, 5.41) is 0.393. The molecule has 7 nitrogen and oxygen atoms in total. The van der Waals surface area contributed by atoms with E-state index in [9.17, 15) is 14.4 Å². The second-order valence-corrected chi connectivity index (χ2v) is 8.10. The Morgan fingerprint density at radius 2 is 1.94 bits per heavy atom. The summed E-state index contributed by atoms with van der Waals surface area (Å²) in [6.07, 6.45) is 0. The highest BCUT2D eigenvalue weighted by molar-refractivity contribution is 7.16. The Morgan fingerprint density at radius 1 is 1.16 bits per heavy atom. The summed E-state index contributed by atoms with van der Waals surface area (Å²) < 4.78 is 13.3. The quantitative estimate of drug-likeness (QED) is 0.455. The molecule has 0 aliphatic heterocycles. The van der Waals surface area contributed by atoms with Gasteiger partial charge in [-0.25, -0.2) is 0 Å². The number of para-hydroxylation sites is 1. The minimum absolute atomic E-state index is 0.0779. The average molecular weight is 436 g/mol. The van der Waals surface area contributed by atoms with Crippen molar-refractivity contribution in [2.24, 2.45) is 4.99 Å². The van der Waals surface area contributed by atoms with E-state index in [1.54, 1.807) is 35.8 Å². The fourth-order valence-corrected chi connectivity index (χ4v) is 4.71. The first-order valence-electron chi connectivity index (χ1n) is 9.75. The SMILES string of the molecule is CCOC(=O)Cn1c(=NC(=O)c2cc(=O)c3ccccc3o2)sc2cc(C)cc(C)c21. The van der Waals surface area contributed by atoms with Crippen molar-refractivity contribution in [1.82, 2.24) is 4.57 Å². The number of thiazole rings is 1. The summed E-state index contributed by atoms with van der Waals surface area (Å²) in [6, 6.07) is 11.8. The number of aromatic nitrogens is 1. The van der Waals surface area contributed by atoms with E-state index in [0.717, 1.165) is 27.4 Å². The second kappa shape index (κ2) is 8.31. The van der Waals surface area contributed by atoms with Crippen LogP contribution in [0, 0.1) is 13.8 Å². The number of carbonyl (C=O) groups excluding carboxylic acids is 2. The molecule has 0 N–H and O–H groups in total. The van der Waals surface area contributed by atoms with Crippen LogP contribution in [0.15, 0.2) is 56.7 Å². The van der Waals surface area contributed by atoms with Gasteiger partial charge >= 0.3 is 11.9 Å². The third-order valence-corrected chi connectivity index (χ3v) is 5.77. The fraction of sp³-hybridized carbons (Fsp3) is 0.217. The van der Waals surface area contributed by atoms with Gasteiger partial charge in [-0.15, -0.1) is 0 Å². The van der Waals surface area contributed by atoms with Gasteiger partial charge in [-0.3, -0.25) is 14.4 Å². The van der Waals surface area contributed by atoms with E-state index in [0.29, 0.717) is 15.8 Å². The van der Waals surface area contributed by atoms with Gasteiger partial charge in [0, 0.05) is 6.07 Å². The molecule has 4 aromatic rings. The zero-order chi connectivity index (χ0) is 22.1. The van der Waals surface area contributed by atoms with Crippen LogP contribution in [0.3, 0.4) is 0 Å². The van der Waals surface area contributed by atoms with Gasteiger partial charge in [0.25, 0.3) is 0 Å². The van der Waals surface area contributed by atoms with Gasteiger partial charge in [-0.2, -0.15) is 4.99 Å². The number of aryl methyl sites for hydroxylation is 2. The molecule has 8 heteroatoms. The molecular weight excluding hydrogens is 416 g/mol. The van der Waals surface area contributed by atoms with E-state index in [1.807, 2.05) is 26.0 Å². The smallest absolute Gasteiger partial charge is 0.326 e. The molecule has 158 valence electrons. The Hall–Kier alpha value is -3.52. The number of nitrogens with zero attached hydrogens (tertiary/aromatic N) is 2. The van der Waals surface area contributed by atoms with Crippen molar-refractivity contribution in [1.29, 1.82) is 0 Å². The Bertz CT molecular complexity index is 1460. The monoisotopic (exact) mass is 436 g/mol. The molecule has 2 aromatic heterocycles. The first-order chi connectivity index (χ1) is 14.9. The van der Waals surface area contributed by atoms with Crippen molar-refractivity contribution >= 4 is 44.4 Å². The number of fused-ring (bicyclic) bond motifs is 2. The van der Waals surface area contributed by atoms with Gasteiger partial charge in [-0.05, 0) is 50.1 Å². The van der Waals surface area contributed by atoms with Crippen LogP contribution in [-0.4, -0.2) is 23.1 Å². The molecule has 31 heavy (non-hydrogen) atoms. The molecule has 0 aliphatic carbocycles. The van der Waals surface area contributed by atoms with E-state index >= 15 is 0 Å². The van der Waals surface area contributed by atoms with Crippen molar-refractivity contribution in [3.05, 3.63) is 74.4 Å². The Labute approximate surface area is 181 Å². The van der Waals surface area contributed by atoms with Crippen molar-refractivity contribution in [2.45, 2.75) is 27.3 Å². The summed E-state index contributed by atoms with van der Waals surface area (Å²) in [5.41, 5.74) is 2.84. The zero-order valence-corrected chi connectivity index (χ0v) is 18.1. The van der Waals surface area contributed by atoms with Crippen LogP contribution in [0.5, 0.6) is 0 Å². The Morgan fingerprint density at radius 3 is 2.71 bits per heavy atom. The molecular formula is C23H20N2O5S. The summed E-state index contributed by atoms with van der Waals surface area (Å²) in [6.45, 7) is 5.84. The van der Waals surface area contributed by atoms with E-state index < -0.39 is 11.9 Å². The number of amides is 1.